The van der Waals surface area contributed by atoms with E-state index in [1.165, 1.54) is 10.9 Å². The molecular formula is C17H18N3O+. The molecule has 106 valence electrons. The molecule has 21 heavy (non-hydrogen) atoms. The molecule has 1 amide bonds. The first-order valence-corrected chi connectivity index (χ1v) is 7.03. The number of nitrogens with zero attached hydrogens (tertiary/aromatic N) is 1. The number of hydrogen-bond donors (Lipinski definition) is 2. The number of aromatic nitrogens is 2. The number of pyridine rings is 1. The van der Waals surface area contributed by atoms with Crippen molar-refractivity contribution < 1.29 is 9.36 Å². The zero-order valence-electron chi connectivity index (χ0n) is 12.0. The molecule has 0 bridgehead atoms. The van der Waals surface area contributed by atoms with E-state index in [4.69, 9.17) is 0 Å². The molecule has 0 fully saturated rings. The lowest BCUT2D eigenvalue weighted by molar-refractivity contribution is -0.673. The number of para-hydroxylation sites is 1. The maximum atomic E-state index is 12.1. The molecule has 0 aliphatic heterocycles. The third-order valence-corrected chi connectivity index (χ3v) is 3.64. The number of benzene rings is 1. The van der Waals surface area contributed by atoms with Gasteiger partial charge in [-0.1, -0.05) is 18.2 Å². The van der Waals surface area contributed by atoms with Crippen LogP contribution in [0.15, 0.2) is 54.9 Å². The van der Waals surface area contributed by atoms with Gasteiger partial charge in [-0.15, -0.1) is 0 Å². The Hall–Kier alpha value is -2.62. The van der Waals surface area contributed by atoms with Gasteiger partial charge >= 0.3 is 5.91 Å². The molecule has 2 aromatic heterocycles. The molecule has 3 aromatic rings. The van der Waals surface area contributed by atoms with E-state index in [2.05, 4.69) is 22.4 Å². The number of amides is 1. The Labute approximate surface area is 123 Å². The molecule has 4 heteroatoms. The summed E-state index contributed by atoms with van der Waals surface area (Å²) in [5.74, 6) is -0.0436. The zero-order valence-corrected chi connectivity index (χ0v) is 12.0. The summed E-state index contributed by atoms with van der Waals surface area (Å²) in [4.78, 5) is 15.4. The van der Waals surface area contributed by atoms with Crippen LogP contribution in [0, 0.1) is 0 Å². The molecule has 2 heterocycles. The molecular weight excluding hydrogens is 262 g/mol. The number of rotatable bonds is 4. The summed E-state index contributed by atoms with van der Waals surface area (Å²) >= 11 is 0. The van der Waals surface area contributed by atoms with E-state index in [1.807, 2.05) is 54.3 Å². The summed E-state index contributed by atoms with van der Waals surface area (Å²) in [6.07, 6.45) is 4.69. The first-order chi connectivity index (χ1) is 10.3. The van der Waals surface area contributed by atoms with Crippen LogP contribution in [0.5, 0.6) is 0 Å². The predicted molar refractivity (Wildman–Crippen MR) is 82.0 cm³/mol. The quantitative estimate of drug-likeness (QED) is 0.705. The summed E-state index contributed by atoms with van der Waals surface area (Å²) in [6, 6.07) is 13.8. The number of nitrogens with one attached hydrogen (secondary N) is 2. The summed E-state index contributed by atoms with van der Waals surface area (Å²) in [7, 11) is 1.87. The largest absolute Gasteiger partial charge is 0.361 e. The van der Waals surface area contributed by atoms with E-state index in [9.17, 15) is 4.79 Å². The molecule has 0 aliphatic carbocycles. The number of aryl methyl sites for hydroxylation is 1. The third kappa shape index (κ3) is 2.79. The Bertz CT molecular complexity index is 776. The van der Waals surface area contributed by atoms with Crippen molar-refractivity contribution in [3.05, 3.63) is 66.1 Å². The Morgan fingerprint density at radius 2 is 2.00 bits per heavy atom. The van der Waals surface area contributed by atoms with Crippen molar-refractivity contribution in [3.8, 4) is 0 Å². The highest BCUT2D eigenvalue weighted by molar-refractivity contribution is 5.90. The highest BCUT2D eigenvalue weighted by Crippen LogP contribution is 2.17. The third-order valence-electron chi connectivity index (χ3n) is 3.64. The molecule has 0 radical (unpaired) electrons. The van der Waals surface area contributed by atoms with Crippen LogP contribution in [0.3, 0.4) is 0 Å². The van der Waals surface area contributed by atoms with Crippen LogP contribution in [-0.4, -0.2) is 17.4 Å². The second-order valence-corrected chi connectivity index (χ2v) is 5.06. The van der Waals surface area contributed by atoms with Gasteiger partial charge in [-0.2, -0.15) is 4.57 Å². The number of hydrogen-bond acceptors (Lipinski definition) is 1. The van der Waals surface area contributed by atoms with Gasteiger partial charge in [-0.25, -0.2) is 0 Å². The van der Waals surface area contributed by atoms with Crippen molar-refractivity contribution in [2.24, 2.45) is 7.05 Å². The van der Waals surface area contributed by atoms with Gasteiger partial charge in [0.1, 0.15) is 7.05 Å². The lowest BCUT2D eigenvalue weighted by Gasteiger charge is -2.03. The van der Waals surface area contributed by atoms with Crippen molar-refractivity contribution in [3.63, 3.8) is 0 Å². The van der Waals surface area contributed by atoms with E-state index < -0.39 is 0 Å². The molecule has 3 rings (SSSR count). The van der Waals surface area contributed by atoms with Gasteiger partial charge in [0.2, 0.25) is 0 Å². The first kappa shape index (κ1) is 13.4. The molecule has 0 unspecified atom stereocenters. The van der Waals surface area contributed by atoms with Gasteiger partial charge in [0, 0.05) is 35.8 Å². The van der Waals surface area contributed by atoms with Crippen LogP contribution in [0.4, 0.5) is 0 Å². The summed E-state index contributed by atoms with van der Waals surface area (Å²) in [6.45, 7) is 0.621. The maximum Gasteiger partial charge on any atom is 0.316 e. The monoisotopic (exact) mass is 280 g/mol. The molecule has 4 nitrogen and oxygen atoms in total. The molecule has 2 N–H and O–H groups in total. The number of fused-ring (bicyclic) bond motifs is 1. The number of carbonyl (C=O) groups is 1. The Morgan fingerprint density at radius 3 is 2.86 bits per heavy atom. The van der Waals surface area contributed by atoms with Crippen LogP contribution in [0.1, 0.15) is 16.1 Å². The second-order valence-electron chi connectivity index (χ2n) is 5.06. The fraction of sp³-hybridized carbons (Fsp3) is 0.176. The second kappa shape index (κ2) is 5.79. The minimum Gasteiger partial charge on any atom is -0.361 e. The van der Waals surface area contributed by atoms with E-state index >= 15 is 0 Å². The summed E-state index contributed by atoms with van der Waals surface area (Å²) in [5, 5.41) is 4.19. The first-order valence-electron chi connectivity index (χ1n) is 7.03. The van der Waals surface area contributed by atoms with Crippen molar-refractivity contribution >= 4 is 16.8 Å². The van der Waals surface area contributed by atoms with Crippen LogP contribution in [0.2, 0.25) is 0 Å². The normalized spacial score (nSPS) is 10.7. The van der Waals surface area contributed by atoms with Gasteiger partial charge < -0.3 is 10.3 Å². The predicted octanol–water partition coefficient (Wildman–Crippen LogP) is 1.96. The Kier molecular flexibility index (Phi) is 3.69. The van der Waals surface area contributed by atoms with Gasteiger partial charge in [0.25, 0.3) is 5.69 Å². The van der Waals surface area contributed by atoms with Crippen molar-refractivity contribution in [1.29, 1.82) is 0 Å². The minimum absolute atomic E-state index is 0.0436. The smallest absolute Gasteiger partial charge is 0.316 e. The Morgan fingerprint density at radius 1 is 1.19 bits per heavy atom. The van der Waals surface area contributed by atoms with Gasteiger partial charge in [-0.05, 0) is 24.1 Å². The lowest BCUT2D eigenvalue weighted by Crippen LogP contribution is -2.40. The fourth-order valence-corrected chi connectivity index (χ4v) is 2.50. The van der Waals surface area contributed by atoms with Gasteiger partial charge in [0.15, 0.2) is 6.20 Å². The SMILES string of the molecule is C[n+]1ccccc1C(=O)NCCc1c[nH]c2ccccc12. The van der Waals surface area contributed by atoms with Crippen LogP contribution in [0.25, 0.3) is 10.9 Å². The van der Waals surface area contributed by atoms with Crippen LogP contribution < -0.4 is 9.88 Å². The number of H-pyrrole nitrogens is 1. The molecule has 1 aromatic carbocycles. The van der Waals surface area contributed by atoms with Crippen LogP contribution in [-0.2, 0) is 13.5 Å². The zero-order chi connectivity index (χ0) is 14.7. The summed E-state index contributed by atoms with van der Waals surface area (Å²) < 4.78 is 1.82. The number of carbonyl (C=O) groups excluding carboxylic acids is 1. The lowest BCUT2D eigenvalue weighted by atomic mass is 10.1. The molecule has 0 aliphatic rings. The average molecular weight is 280 g/mol. The standard InChI is InChI=1S/C17H17N3O/c1-20-11-5-4-8-16(20)17(21)18-10-9-13-12-19-15-7-3-2-6-14(13)15/h2-8,11-12,19H,9-10H2,1H3/p+1. The fourth-order valence-electron chi connectivity index (χ4n) is 2.50. The number of aromatic amines is 1. The van der Waals surface area contributed by atoms with E-state index in [-0.39, 0.29) is 5.91 Å². The topological polar surface area (TPSA) is 48.8 Å². The van der Waals surface area contributed by atoms with E-state index in [0.29, 0.717) is 12.2 Å². The average Bonchev–Trinajstić information content (AvgIpc) is 2.91. The van der Waals surface area contributed by atoms with E-state index in [0.717, 1.165) is 11.9 Å². The highest BCUT2D eigenvalue weighted by atomic mass is 16.1. The van der Waals surface area contributed by atoms with Crippen molar-refractivity contribution in [2.75, 3.05) is 6.54 Å². The molecule has 0 saturated carbocycles. The molecule has 0 saturated heterocycles. The molecule has 0 atom stereocenters. The molecule has 0 spiro atoms. The minimum atomic E-state index is -0.0436. The van der Waals surface area contributed by atoms with Gasteiger partial charge in [-0.3, -0.25) is 4.79 Å². The van der Waals surface area contributed by atoms with E-state index in [1.54, 1.807) is 0 Å². The maximum absolute atomic E-state index is 12.1. The van der Waals surface area contributed by atoms with Crippen LogP contribution >= 0.6 is 0 Å². The summed E-state index contributed by atoms with van der Waals surface area (Å²) in [5.41, 5.74) is 3.02. The highest BCUT2D eigenvalue weighted by Gasteiger charge is 2.14. The van der Waals surface area contributed by atoms with Crippen molar-refractivity contribution in [2.45, 2.75) is 6.42 Å². The van der Waals surface area contributed by atoms with Crippen molar-refractivity contribution in [1.82, 2.24) is 10.3 Å². The Balaban J connectivity index is 1.64. The van der Waals surface area contributed by atoms with Gasteiger partial charge in [0.05, 0.1) is 0 Å².